The third-order valence-electron chi connectivity index (χ3n) is 4.92. The number of carbonyl (C=O) groups is 2. The highest BCUT2D eigenvalue weighted by Gasteiger charge is 2.40. The first kappa shape index (κ1) is 16.7. The molecule has 2 saturated heterocycles. The molecule has 2 aliphatic heterocycles. The first-order chi connectivity index (χ1) is 12.6. The summed E-state index contributed by atoms with van der Waals surface area (Å²) in [5.41, 5.74) is 0.676. The van der Waals surface area contributed by atoms with Crippen LogP contribution >= 0.6 is 0 Å². The van der Waals surface area contributed by atoms with Crippen molar-refractivity contribution in [2.24, 2.45) is 13.0 Å². The zero-order valence-corrected chi connectivity index (χ0v) is 14.6. The fraction of sp³-hybridized carbons (Fsp3) is 0.444. The summed E-state index contributed by atoms with van der Waals surface area (Å²) in [4.78, 5) is 32.9. The minimum Gasteiger partial charge on any atom is -0.374 e. The van der Waals surface area contributed by atoms with Crippen LogP contribution in [0.5, 0.6) is 0 Å². The molecule has 0 N–H and O–H groups in total. The van der Waals surface area contributed by atoms with E-state index in [1.54, 1.807) is 11.9 Å². The second-order valence-electron chi connectivity index (χ2n) is 6.74. The number of nitrogens with zero attached hydrogens (tertiary/aromatic N) is 5. The van der Waals surface area contributed by atoms with Gasteiger partial charge in [0.25, 0.3) is 11.8 Å². The smallest absolute Gasteiger partial charge is 0.293 e. The predicted molar refractivity (Wildman–Crippen MR) is 92.5 cm³/mol. The van der Waals surface area contributed by atoms with E-state index in [1.165, 1.54) is 11.0 Å². The topological polar surface area (TPSA) is 80.6 Å². The van der Waals surface area contributed by atoms with Crippen molar-refractivity contribution in [3.63, 3.8) is 0 Å². The van der Waals surface area contributed by atoms with Gasteiger partial charge in [-0.3, -0.25) is 14.3 Å². The number of likely N-dealkylation sites (tertiary alicyclic amines) is 1. The van der Waals surface area contributed by atoms with Crippen molar-refractivity contribution in [1.29, 1.82) is 0 Å². The van der Waals surface area contributed by atoms with Gasteiger partial charge in [0.15, 0.2) is 0 Å². The Kier molecular flexibility index (Phi) is 4.42. The van der Waals surface area contributed by atoms with Gasteiger partial charge in [0.05, 0.1) is 12.7 Å². The molecule has 26 heavy (non-hydrogen) atoms. The van der Waals surface area contributed by atoms with Crippen molar-refractivity contribution in [1.82, 2.24) is 24.6 Å². The van der Waals surface area contributed by atoms with E-state index in [0.717, 1.165) is 0 Å². The van der Waals surface area contributed by atoms with Crippen molar-refractivity contribution in [2.45, 2.75) is 6.10 Å². The number of fused-ring (bicyclic) bond motifs is 1. The van der Waals surface area contributed by atoms with Crippen molar-refractivity contribution < 1.29 is 14.3 Å². The van der Waals surface area contributed by atoms with E-state index in [2.05, 4.69) is 10.1 Å². The molecule has 2 amide bonds. The number of amides is 2. The summed E-state index contributed by atoms with van der Waals surface area (Å²) in [6.45, 7) is 2.67. The van der Waals surface area contributed by atoms with Gasteiger partial charge in [0.1, 0.15) is 6.33 Å². The molecule has 8 nitrogen and oxygen atoms in total. The third-order valence-corrected chi connectivity index (χ3v) is 4.92. The van der Waals surface area contributed by atoms with Crippen molar-refractivity contribution in [2.75, 3.05) is 32.8 Å². The highest BCUT2D eigenvalue weighted by atomic mass is 16.5. The molecule has 0 saturated carbocycles. The molecular formula is C18H21N5O3. The maximum Gasteiger partial charge on any atom is 0.293 e. The maximum absolute atomic E-state index is 12.7. The Hall–Kier alpha value is -2.74. The van der Waals surface area contributed by atoms with Gasteiger partial charge in [-0.05, 0) is 12.1 Å². The summed E-state index contributed by atoms with van der Waals surface area (Å²) in [5, 5.41) is 4.08. The number of hydrogen-bond donors (Lipinski definition) is 0. The van der Waals surface area contributed by atoms with Crippen LogP contribution in [0.2, 0.25) is 0 Å². The second-order valence-corrected chi connectivity index (χ2v) is 6.74. The van der Waals surface area contributed by atoms with Gasteiger partial charge >= 0.3 is 0 Å². The van der Waals surface area contributed by atoms with Crippen molar-refractivity contribution in [3.8, 4) is 0 Å². The van der Waals surface area contributed by atoms with E-state index in [9.17, 15) is 9.59 Å². The molecule has 2 aliphatic rings. The van der Waals surface area contributed by atoms with Crippen LogP contribution in [0.3, 0.4) is 0 Å². The first-order valence-corrected chi connectivity index (χ1v) is 8.72. The van der Waals surface area contributed by atoms with Crippen LogP contribution in [0.4, 0.5) is 0 Å². The van der Waals surface area contributed by atoms with Crippen LogP contribution in [0, 0.1) is 5.92 Å². The fourth-order valence-corrected chi connectivity index (χ4v) is 3.59. The van der Waals surface area contributed by atoms with Crippen LogP contribution in [0.1, 0.15) is 21.0 Å². The lowest BCUT2D eigenvalue weighted by Crippen LogP contribution is -2.38. The number of rotatable bonds is 2. The van der Waals surface area contributed by atoms with E-state index < -0.39 is 0 Å². The Morgan fingerprint density at radius 3 is 2.58 bits per heavy atom. The summed E-state index contributed by atoms with van der Waals surface area (Å²) in [5.74, 6) is 0.105. The average Bonchev–Trinajstić information content (AvgIpc) is 3.22. The molecule has 0 aliphatic carbocycles. The predicted octanol–water partition coefficient (Wildman–Crippen LogP) is 0.428. The number of aromatic nitrogens is 3. The minimum atomic E-state index is -0.191. The molecule has 0 radical (unpaired) electrons. The lowest BCUT2D eigenvalue weighted by molar-refractivity contribution is 0.0475. The Morgan fingerprint density at radius 1 is 1.08 bits per heavy atom. The molecule has 8 heteroatoms. The number of hydrogen-bond acceptors (Lipinski definition) is 5. The molecule has 4 rings (SSSR count). The normalized spacial score (nSPS) is 22.8. The molecule has 3 heterocycles. The number of carbonyl (C=O) groups excluding carboxylic acids is 2. The quantitative estimate of drug-likeness (QED) is 0.780. The van der Waals surface area contributed by atoms with Crippen molar-refractivity contribution in [3.05, 3.63) is 48.0 Å². The van der Waals surface area contributed by atoms with E-state index in [4.69, 9.17) is 4.74 Å². The third kappa shape index (κ3) is 3.20. The molecule has 2 aromatic rings. The largest absolute Gasteiger partial charge is 0.374 e. The molecule has 1 aromatic heterocycles. The summed E-state index contributed by atoms with van der Waals surface area (Å²) >= 11 is 0. The Balaban J connectivity index is 1.45. The Labute approximate surface area is 151 Å². The van der Waals surface area contributed by atoms with Crippen LogP contribution in [0.15, 0.2) is 36.7 Å². The monoisotopic (exact) mass is 355 g/mol. The van der Waals surface area contributed by atoms with E-state index in [-0.39, 0.29) is 29.7 Å². The SMILES string of the molecule is Cn1cnc(C(=O)N2C[C@@H]3CN(C(=O)c4ccccc4)CCO[C@@H]3C2)n1. The molecule has 136 valence electrons. The lowest BCUT2D eigenvalue weighted by Gasteiger charge is -2.23. The molecule has 1 aromatic carbocycles. The summed E-state index contributed by atoms with van der Waals surface area (Å²) < 4.78 is 7.44. The standard InChI is InChI=1S/C18H21N5O3/c1-21-12-19-16(20-21)18(25)23-10-14-9-22(7-8-26-15(14)11-23)17(24)13-5-3-2-4-6-13/h2-6,12,14-15H,7-11H2,1H3/t14-,15+/m0/s1. The number of benzene rings is 1. The molecule has 0 unspecified atom stereocenters. The van der Waals surface area contributed by atoms with Crippen LogP contribution in [-0.4, -0.2) is 75.3 Å². The Bertz CT molecular complexity index is 806. The second kappa shape index (κ2) is 6.87. The molecule has 0 bridgehead atoms. The van der Waals surface area contributed by atoms with Gasteiger partial charge in [-0.15, -0.1) is 5.10 Å². The molecule has 2 fully saturated rings. The van der Waals surface area contributed by atoms with Gasteiger partial charge in [-0.25, -0.2) is 4.98 Å². The Morgan fingerprint density at radius 2 is 1.85 bits per heavy atom. The zero-order valence-electron chi connectivity index (χ0n) is 14.6. The molecule has 0 spiro atoms. The van der Waals surface area contributed by atoms with Crippen molar-refractivity contribution >= 4 is 11.8 Å². The molecular weight excluding hydrogens is 334 g/mol. The van der Waals surface area contributed by atoms with Gasteiger partial charge < -0.3 is 14.5 Å². The van der Waals surface area contributed by atoms with Crippen LogP contribution in [-0.2, 0) is 11.8 Å². The van der Waals surface area contributed by atoms with Crippen LogP contribution in [0.25, 0.3) is 0 Å². The first-order valence-electron chi connectivity index (χ1n) is 8.72. The van der Waals surface area contributed by atoms with E-state index in [0.29, 0.717) is 38.3 Å². The summed E-state index contributed by atoms with van der Waals surface area (Å²) in [6, 6.07) is 9.26. The van der Waals surface area contributed by atoms with E-state index in [1.807, 2.05) is 35.2 Å². The average molecular weight is 355 g/mol. The van der Waals surface area contributed by atoms with Gasteiger partial charge in [0, 0.05) is 44.7 Å². The highest BCUT2D eigenvalue weighted by molar-refractivity contribution is 5.94. The minimum absolute atomic E-state index is 0.00557. The summed E-state index contributed by atoms with van der Waals surface area (Å²) in [7, 11) is 1.73. The number of ether oxygens (including phenoxy) is 1. The van der Waals surface area contributed by atoms with Gasteiger partial charge in [-0.1, -0.05) is 18.2 Å². The fourth-order valence-electron chi connectivity index (χ4n) is 3.59. The number of aryl methyl sites for hydroxylation is 1. The maximum atomic E-state index is 12.7. The zero-order chi connectivity index (χ0) is 18.1. The molecule has 2 atom stereocenters. The van der Waals surface area contributed by atoms with Gasteiger partial charge in [-0.2, -0.15) is 0 Å². The van der Waals surface area contributed by atoms with Gasteiger partial charge in [0.2, 0.25) is 5.82 Å². The lowest BCUT2D eigenvalue weighted by atomic mass is 10.1. The van der Waals surface area contributed by atoms with E-state index >= 15 is 0 Å². The van der Waals surface area contributed by atoms with Crippen LogP contribution < -0.4 is 0 Å². The highest BCUT2D eigenvalue weighted by Crippen LogP contribution is 2.25. The summed E-state index contributed by atoms with van der Waals surface area (Å²) in [6.07, 6.45) is 1.45.